The van der Waals surface area contributed by atoms with Crippen LogP contribution < -0.4 is 0 Å². The van der Waals surface area contributed by atoms with Gasteiger partial charge in [-0.1, -0.05) is 24.3 Å². The highest BCUT2D eigenvalue weighted by Crippen LogP contribution is 2.36. The van der Waals surface area contributed by atoms with Gasteiger partial charge in [0.15, 0.2) is 0 Å². The van der Waals surface area contributed by atoms with Gasteiger partial charge in [0.25, 0.3) is 0 Å². The number of nitrogens with zero attached hydrogens (tertiary/aromatic N) is 2. The van der Waals surface area contributed by atoms with Crippen LogP contribution in [0.25, 0.3) is 0 Å². The molecule has 5 heteroatoms. The Morgan fingerprint density at radius 1 is 1.17 bits per heavy atom. The number of aliphatic hydroxyl groups excluding tert-OH is 1. The van der Waals surface area contributed by atoms with Crippen LogP contribution in [0.4, 0.5) is 4.79 Å². The van der Waals surface area contributed by atoms with Crippen LogP contribution in [0.15, 0.2) is 24.3 Å². The number of hydrogen-bond donors (Lipinski definition) is 1. The second-order valence-corrected chi connectivity index (χ2v) is 7.42. The van der Waals surface area contributed by atoms with Crippen LogP contribution in [0, 0.1) is 0 Å². The molecular formula is C18H26N2O3. The zero-order valence-electron chi connectivity index (χ0n) is 14.2. The molecule has 1 heterocycles. The first-order valence-electron chi connectivity index (χ1n) is 8.33. The van der Waals surface area contributed by atoms with E-state index in [4.69, 9.17) is 4.74 Å². The zero-order valence-corrected chi connectivity index (χ0v) is 14.2. The van der Waals surface area contributed by atoms with Gasteiger partial charge >= 0.3 is 6.09 Å². The largest absolute Gasteiger partial charge is 0.444 e. The summed E-state index contributed by atoms with van der Waals surface area (Å²) in [6, 6.07) is 8.30. The van der Waals surface area contributed by atoms with Crippen molar-refractivity contribution in [2.24, 2.45) is 0 Å². The molecule has 1 aliphatic carbocycles. The van der Waals surface area contributed by atoms with Crippen molar-refractivity contribution in [2.75, 3.05) is 26.2 Å². The summed E-state index contributed by atoms with van der Waals surface area (Å²) in [5, 5.41) is 10.4. The summed E-state index contributed by atoms with van der Waals surface area (Å²) in [4.78, 5) is 16.2. The predicted octanol–water partition coefficient (Wildman–Crippen LogP) is 2.20. The molecule has 0 spiro atoms. The number of carbonyl (C=O) groups is 1. The number of aliphatic hydroxyl groups is 1. The molecule has 2 unspecified atom stereocenters. The van der Waals surface area contributed by atoms with E-state index in [1.165, 1.54) is 11.1 Å². The summed E-state index contributed by atoms with van der Waals surface area (Å²) in [6.07, 6.45) is 0.109. The van der Waals surface area contributed by atoms with E-state index in [0.29, 0.717) is 19.5 Å². The van der Waals surface area contributed by atoms with E-state index in [1.54, 1.807) is 4.90 Å². The van der Waals surface area contributed by atoms with Crippen LogP contribution >= 0.6 is 0 Å². The Morgan fingerprint density at radius 3 is 2.48 bits per heavy atom. The van der Waals surface area contributed by atoms with Gasteiger partial charge in [0.1, 0.15) is 5.60 Å². The van der Waals surface area contributed by atoms with Gasteiger partial charge in [0, 0.05) is 32.6 Å². The number of benzene rings is 1. The van der Waals surface area contributed by atoms with Gasteiger partial charge in [0.2, 0.25) is 0 Å². The summed E-state index contributed by atoms with van der Waals surface area (Å²) in [5.41, 5.74) is 2.00. The molecular weight excluding hydrogens is 292 g/mol. The number of carbonyl (C=O) groups excluding carboxylic acids is 1. The zero-order chi connectivity index (χ0) is 16.6. The van der Waals surface area contributed by atoms with E-state index in [9.17, 15) is 9.90 Å². The third-order valence-corrected chi connectivity index (χ3v) is 4.53. The average molecular weight is 318 g/mol. The summed E-state index contributed by atoms with van der Waals surface area (Å²) in [7, 11) is 0. The van der Waals surface area contributed by atoms with Crippen molar-refractivity contribution in [3.8, 4) is 0 Å². The minimum atomic E-state index is -0.463. The maximum absolute atomic E-state index is 12.1. The lowest BCUT2D eigenvalue weighted by atomic mass is 10.1. The second kappa shape index (κ2) is 6.13. The fourth-order valence-electron chi connectivity index (χ4n) is 3.50. The van der Waals surface area contributed by atoms with E-state index >= 15 is 0 Å². The van der Waals surface area contributed by atoms with Gasteiger partial charge in [-0.15, -0.1) is 0 Å². The van der Waals surface area contributed by atoms with Crippen LogP contribution in [0.1, 0.15) is 37.9 Å². The van der Waals surface area contributed by atoms with Crippen LogP contribution in [-0.2, 0) is 11.2 Å². The van der Waals surface area contributed by atoms with Crippen molar-refractivity contribution in [3.05, 3.63) is 35.4 Å². The lowest BCUT2D eigenvalue weighted by Gasteiger charge is -2.39. The highest BCUT2D eigenvalue weighted by molar-refractivity contribution is 5.68. The summed E-state index contributed by atoms with van der Waals surface area (Å²) >= 11 is 0. The molecule has 0 bridgehead atoms. The number of hydrogen-bond acceptors (Lipinski definition) is 4. The summed E-state index contributed by atoms with van der Waals surface area (Å²) in [5.74, 6) is 0. The fourth-order valence-corrected chi connectivity index (χ4v) is 3.50. The van der Waals surface area contributed by atoms with Crippen molar-refractivity contribution in [2.45, 2.75) is 44.9 Å². The smallest absolute Gasteiger partial charge is 0.410 e. The lowest BCUT2D eigenvalue weighted by molar-refractivity contribution is -0.00174. The predicted molar refractivity (Wildman–Crippen MR) is 88.3 cm³/mol. The maximum atomic E-state index is 12.1. The Kier molecular flexibility index (Phi) is 4.34. The van der Waals surface area contributed by atoms with E-state index < -0.39 is 5.60 Å². The molecule has 1 fully saturated rings. The highest BCUT2D eigenvalue weighted by atomic mass is 16.6. The van der Waals surface area contributed by atoms with Crippen molar-refractivity contribution in [1.82, 2.24) is 9.80 Å². The van der Waals surface area contributed by atoms with Gasteiger partial charge in [-0.25, -0.2) is 4.79 Å². The number of piperazine rings is 1. The second-order valence-electron chi connectivity index (χ2n) is 7.42. The first kappa shape index (κ1) is 16.3. The number of rotatable bonds is 1. The van der Waals surface area contributed by atoms with Gasteiger partial charge < -0.3 is 14.7 Å². The van der Waals surface area contributed by atoms with E-state index in [2.05, 4.69) is 17.0 Å². The highest BCUT2D eigenvalue weighted by Gasteiger charge is 2.37. The van der Waals surface area contributed by atoms with Crippen molar-refractivity contribution in [1.29, 1.82) is 0 Å². The number of ether oxygens (including phenoxy) is 1. The molecule has 1 aromatic rings. The fraction of sp³-hybridized carbons (Fsp3) is 0.611. The quantitative estimate of drug-likeness (QED) is 0.862. The average Bonchev–Trinajstić information content (AvgIpc) is 2.81. The first-order valence-corrected chi connectivity index (χ1v) is 8.33. The molecule has 2 aliphatic rings. The molecule has 126 valence electrons. The molecule has 5 nitrogen and oxygen atoms in total. The molecule has 0 saturated carbocycles. The van der Waals surface area contributed by atoms with Gasteiger partial charge in [0.05, 0.1) is 12.1 Å². The third-order valence-electron chi connectivity index (χ3n) is 4.53. The minimum Gasteiger partial charge on any atom is -0.444 e. The molecule has 1 aromatic carbocycles. The monoisotopic (exact) mass is 318 g/mol. The van der Waals surface area contributed by atoms with Gasteiger partial charge in [-0.05, 0) is 31.9 Å². The summed E-state index contributed by atoms with van der Waals surface area (Å²) < 4.78 is 5.43. The molecule has 2 atom stereocenters. The van der Waals surface area contributed by atoms with Crippen LogP contribution in [0.5, 0.6) is 0 Å². The number of fused-ring (bicyclic) bond motifs is 1. The Morgan fingerprint density at radius 2 is 1.83 bits per heavy atom. The van der Waals surface area contributed by atoms with Crippen LogP contribution in [0.3, 0.4) is 0 Å². The van der Waals surface area contributed by atoms with Crippen molar-refractivity contribution in [3.63, 3.8) is 0 Å². The molecule has 3 rings (SSSR count). The molecule has 23 heavy (non-hydrogen) atoms. The third kappa shape index (κ3) is 3.51. The van der Waals surface area contributed by atoms with Crippen LogP contribution in [-0.4, -0.2) is 58.9 Å². The van der Waals surface area contributed by atoms with Crippen molar-refractivity contribution < 1.29 is 14.6 Å². The van der Waals surface area contributed by atoms with E-state index in [-0.39, 0.29) is 18.2 Å². The Labute approximate surface area is 137 Å². The van der Waals surface area contributed by atoms with E-state index in [0.717, 1.165) is 13.1 Å². The van der Waals surface area contributed by atoms with Crippen LogP contribution in [0.2, 0.25) is 0 Å². The maximum Gasteiger partial charge on any atom is 0.410 e. The minimum absolute atomic E-state index is 0.0481. The Hall–Kier alpha value is -1.59. The number of amides is 1. The topological polar surface area (TPSA) is 53.0 Å². The lowest BCUT2D eigenvalue weighted by Crippen LogP contribution is -2.51. The van der Waals surface area contributed by atoms with E-state index in [1.807, 2.05) is 32.9 Å². The Bertz CT molecular complexity index is 574. The molecule has 0 radical (unpaired) electrons. The Balaban J connectivity index is 1.62. The molecule has 1 N–H and O–H groups in total. The van der Waals surface area contributed by atoms with Crippen molar-refractivity contribution >= 4 is 6.09 Å². The van der Waals surface area contributed by atoms with Gasteiger partial charge in [-0.2, -0.15) is 0 Å². The summed E-state index contributed by atoms with van der Waals surface area (Å²) in [6.45, 7) is 8.44. The standard InChI is InChI=1S/C18H26N2O3/c1-18(2,3)23-17(22)20-10-8-19(9-11-20)16-14-7-5-4-6-13(14)12-15(16)21/h4-7,15-16,21H,8-12H2,1-3H3. The molecule has 1 aliphatic heterocycles. The molecule has 1 amide bonds. The molecule has 0 aromatic heterocycles. The normalized spacial score (nSPS) is 25.3. The SMILES string of the molecule is CC(C)(C)OC(=O)N1CCN(C2c3ccccc3CC2O)CC1. The van der Waals surface area contributed by atoms with Gasteiger partial charge in [-0.3, -0.25) is 4.90 Å². The molecule has 1 saturated heterocycles. The first-order chi connectivity index (χ1) is 10.8.